The minimum atomic E-state index is -1.53. The lowest BCUT2D eigenvalue weighted by molar-refractivity contribution is -0.160. The second-order valence-electron chi connectivity index (χ2n) is 9.91. The Labute approximate surface area is 244 Å². The highest BCUT2D eigenvalue weighted by molar-refractivity contribution is 5.89. The van der Waals surface area contributed by atoms with E-state index >= 15 is 0 Å². The Balaban J connectivity index is 5.50. The van der Waals surface area contributed by atoms with Crippen molar-refractivity contribution >= 4 is 35.8 Å². The highest BCUT2D eigenvalue weighted by Gasteiger charge is 2.36. The molecule has 0 fully saturated rings. The fourth-order valence-corrected chi connectivity index (χ4v) is 3.22. The summed E-state index contributed by atoms with van der Waals surface area (Å²) in [5.41, 5.74) is -0.943. The second-order valence-corrected chi connectivity index (χ2v) is 9.91. The molecular weight excluding hydrogens is 556 g/mol. The molecule has 13 nitrogen and oxygen atoms in total. The minimum absolute atomic E-state index is 0.0654. The number of hydrogen-bond donors (Lipinski definition) is 4. The number of allylic oxidation sites excluding steroid dienone is 3. The van der Waals surface area contributed by atoms with Crippen LogP contribution in [0.1, 0.15) is 78.6 Å². The number of carbonyl (C=O) groups is 6. The van der Waals surface area contributed by atoms with Crippen LogP contribution in [0.4, 0.5) is 0 Å². The molecule has 0 radical (unpaired) electrons. The Bertz CT molecular complexity index is 910. The lowest BCUT2D eigenvalue weighted by atomic mass is 9.92. The third-order valence-electron chi connectivity index (χ3n) is 5.97. The Morgan fingerprint density at radius 1 is 0.548 bits per heavy atom. The van der Waals surface area contributed by atoms with E-state index < -0.39 is 67.7 Å². The van der Waals surface area contributed by atoms with Gasteiger partial charge < -0.3 is 34.6 Å². The standard InChI is InChI=1S/C29H42O13/c1-20(10-4-7-13-23(31)32)26(37)40-17-29(16-30,18-41-27(38)21(2)11-5-8-14-24(33)34)19-42-28(39)22(3)12-6-9-15-25(35)36/h10-12,30H,4-9,13-19H2,1-3H3,(H,31,32)(H,33,34)(H,35,36). The van der Waals surface area contributed by atoms with Crippen molar-refractivity contribution in [3.05, 3.63) is 34.9 Å². The predicted molar refractivity (Wildman–Crippen MR) is 148 cm³/mol. The first-order chi connectivity index (χ1) is 19.7. The maximum atomic E-state index is 12.5. The van der Waals surface area contributed by atoms with Gasteiger partial charge in [0.2, 0.25) is 0 Å². The largest absolute Gasteiger partial charge is 0.481 e. The number of rotatable bonds is 22. The van der Waals surface area contributed by atoms with Crippen molar-refractivity contribution in [2.24, 2.45) is 5.41 Å². The summed E-state index contributed by atoms with van der Waals surface area (Å²) in [5.74, 6) is -5.16. The van der Waals surface area contributed by atoms with Gasteiger partial charge in [-0.25, -0.2) is 14.4 Å². The van der Waals surface area contributed by atoms with Crippen LogP contribution in [0.25, 0.3) is 0 Å². The number of carboxylic acid groups (broad SMARTS) is 3. The van der Waals surface area contributed by atoms with Crippen LogP contribution in [0.3, 0.4) is 0 Å². The van der Waals surface area contributed by atoms with Crippen LogP contribution in [0, 0.1) is 5.41 Å². The highest BCUT2D eigenvalue weighted by Crippen LogP contribution is 2.22. The van der Waals surface area contributed by atoms with E-state index in [-0.39, 0.29) is 36.0 Å². The molecule has 0 rings (SSSR count). The number of ether oxygens (including phenoxy) is 3. The zero-order valence-electron chi connectivity index (χ0n) is 24.4. The van der Waals surface area contributed by atoms with E-state index in [1.54, 1.807) is 0 Å². The number of aliphatic carboxylic acids is 3. The van der Waals surface area contributed by atoms with E-state index in [2.05, 4.69) is 0 Å². The van der Waals surface area contributed by atoms with Crippen molar-refractivity contribution in [1.29, 1.82) is 0 Å². The van der Waals surface area contributed by atoms with Crippen molar-refractivity contribution in [3.8, 4) is 0 Å². The second kappa shape index (κ2) is 20.8. The maximum Gasteiger partial charge on any atom is 0.333 e. The Morgan fingerprint density at radius 2 is 0.810 bits per heavy atom. The number of unbranched alkanes of at least 4 members (excludes halogenated alkanes) is 3. The molecule has 0 saturated carbocycles. The van der Waals surface area contributed by atoms with Gasteiger partial charge in [0, 0.05) is 36.0 Å². The summed E-state index contributed by atoms with van der Waals surface area (Å²) < 4.78 is 16.0. The molecule has 0 saturated heterocycles. The van der Waals surface area contributed by atoms with Gasteiger partial charge in [0.25, 0.3) is 0 Å². The molecule has 0 aliphatic carbocycles. The van der Waals surface area contributed by atoms with Gasteiger partial charge >= 0.3 is 35.8 Å². The molecule has 236 valence electrons. The number of carbonyl (C=O) groups excluding carboxylic acids is 3. The molecule has 0 aromatic carbocycles. The summed E-state index contributed by atoms with van der Waals surface area (Å²) >= 11 is 0. The van der Waals surface area contributed by atoms with Gasteiger partial charge in [-0.05, 0) is 59.3 Å². The molecule has 0 aliphatic rings. The number of esters is 3. The monoisotopic (exact) mass is 598 g/mol. The molecule has 42 heavy (non-hydrogen) atoms. The molecule has 13 heteroatoms. The molecule has 0 spiro atoms. The Kier molecular flexibility index (Phi) is 18.8. The first-order valence-corrected chi connectivity index (χ1v) is 13.5. The van der Waals surface area contributed by atoms with Gasteiger partial charge in [-0.15, -0.1) is 0 Å². The van der Waals surface area contributed by atoms with Crippen LogP contribution < -0.4 is 0 Å². The summed E-state index contributed by atoms with van der Waals surface area (Å²) in [6.07, 6.45) is 6.28. The minimum Gasteiger partial charge on any atom is -0.481 e. The normalized spacial score (nSPS) is 13.6. The first kappa shape index (κ1) is 38.0. The van der Waals surface area contributed by atoms with Gasteiger partial charge in [0.15, 0.2) is 0 Å². The lowest BCUT2D eigenvalue weighted by Gasteiger charge is -2.30. The first-order valence-electron chi connectivity index (χ1n) is 13.5. The van der Waals surface area contributed by atoms with Crippen LogP contribution in [-0.4, -0.2) is 82.7 Å². The van der Waals surface area contributed by atoms with Crippen molar-refractivity contribution in [1.82, 2.24) is 0 Å². The molecule has 0 aliphatic heterocycles. The van der Waals surface area contributed by atoms with Crippen molar-refractivity contribution in [3.63, 3.8) is 0 Å². The average molecular weight is 599 g/mol. The van der Waals surface area contributed by atoms with Gasteiger partial charge in [0.1, 0.15) is 19.8 Å². The van der Waals surface area contributed by atoms with E-state index in [0.717, 1.165) is 0 Å². The molecule has 0 amide bonds. The van der Waals surface area contributed by atoms with E-state index in [9.17, 15) is 33.9 Å². The molecule has 0 heterocycles. The average Bonchev–Trinajstić information content (AvgIpc) is 2.94. The smallest absolute Gasteiger partial charge is 0.333 e. The maximum absolute atomic E-state index is 12.5. The highest BCUT2D eigenvalue weighted by atomic mass is 16.6. The molecule has 4 N–H and O–H groups in total. The van der Waals surface area contributed by atoms with E-state index in [4.69, 9.17) is 29.5 Å². The zero-order chi connectivity index (χ0) is 32.1. The van der Waals surface area contributed by atoms with E-state index in [0.29, 0.717) is 38.5 Å². The molecule has 0 bridgehead atoms. The number of aliphatic hydroxyl groups is 1. The summed E-state index contributed by atoms with van der Waals surface area (Å²) in [4.78, 5) is 69.5. The van der Waals surface area contributed by atoms with Crippen molar-refractivity contribution in [2.45, 2.75) is 78.6 Å². The quantitative estimate of drug-likeness (QED) is 0.0611. The van der Waals surface area contributed by atoms with Gasteiger partial charge in [-0.3, -0.25) is 14.4 Å². The van der Waals surface area contributed by atoms with Crippen molar-refractivity contribution < 1.29 is 63.4 Å². The Morgan fingerprint density at radius 3 is 1.02 bits per heavy atom. The fraction of sp³-hybridized carbons (Fsp3) is 0.586. The third-order valence-corrected chi connectivity index (χ3v) is 5.97. The van der Waals surface area contributed by atoms with Crippen LogP contribution in [0.15, 0.2) is 34.9 Å². The predicted octanol–water partition coefficient (Wildman–Crippen LogP) is 3.20. The summed E-state index contributed by atoms with van der Waals surface area (Å²) in [6.45, 7) is 2.23. The number of carboxylic acids is 3. The van der Waals surface area contributed by atoms with Crippen LogP contribution in [0.2, 0.25) is 0 Å². The lowest BCUT2D eigenvalue weighted by Crippen LogP contribution is -2.42. The van der Waals surface area contributed by atoms with Crippen LogP contribution >= 0.6 is 0 Å². The molecule has 0 atom stereocenters. The van der Waals surface area contributed by atoms with Gasteiger partial charge in [-0.2, -0.15) is 0 Å². The molecule has 0 aromatic heterocycles. The summed E-state index contributed by atoms with van der Waals surface area (Å²) in [6, 6.07) is 0. The Hall–Kier alpha value is -4.00. The van der Waals surface area contributed by atoms with Gasteiger partial charge in [-0.1, -0.05) is 18.2 Å². The zero-order valence-corrected chi connectivity index (χ0v) is 24.4. The van der Waals surface area contributed by atoms with E-state index in [1.165, 1.54) is 39.0 Å². The van der Waals surface area contributed by atoms with Crippen molar-refractivity contribution in [2.75, 3.05) is 26.4 Å². The van der Waals surface area contributed by atoms with Gasteiger partial charge in [0.05, 0.1) is 12.0 Å². The third kappa shape index (κ3) is 17.6. The summed E-state index contributed by atoms with van der Waals surface area (Å²) in [5, 5.41) is 36.4. The SMILES string of the molecule is CC(=CCCCC(=O)O)C(=O)OCC(CO)(COC(=O)C(C)=CCCCC(=O)O)COC(=O)C(C)=CCCCC(=O)O. The number of hydrogen-bond acceptors (Lipinski definition) is 10. The van der Waals surface area contributed by atoms with Crippen LogP contribution in [-0.2, 0) is 43.0 Å². The number of aliphatic hydroxyl groups excluding tert-OH is 1. The molecular formula is C29H42O13. The summed E-state index contributed by atoms with van der Waals surface area (Å²) in [7, 11) is 0. The molecule has 0 aromatic rings. The van der Waals surface area contributed by atoms with Crippen LogP contribution in [0.5, 0.6) is 0 Å². The van der Waals surface area contributed by atoms with E-state index in [1.807, 2.05) is 0 Å². The molecule has 0 unspecified atom stereocenters. The fourth-order valence-electron chi connectivity index (χ4n) is 3.22. The topological polar surface area (TPSA) is 211 Å².